The van der Waals surface area contributed by atoms with Crippen molar-refractivity contribution in [2.75, 3.05) is 38.2 Å². The zero-order valence-corrected chi connectivity index (χ0v) is 18.0. The van der Waals surface area contributed by atoms with Crippen molar-refractivity contribution in [3.8, 4) is 5.75 Å². The van der Waals surface area contributed by atoms with Gasteiger partial charge in [-0.15, -0.1) is 23.7 Å². The minimum absolute atomic E-state index is 0. The first-order valence-electron chi connectivity index (χ1n) is 9.54. The molecule has 0 radical (unpaired) electrons. The minimum Gasteiger partial charge on any atom is -0.491 e. The lowest BCUT2D eigenvalue weighted by Gasteiger charge is -2.40. The normalized spacial score (nSPS) is 17.5. The number of hydrogen-bond donors (Lipinski definition) is 0. The van der Waals surface area contributed by atoms with E-state index < -0.39 is 0 Å². The van der Waals surface area contributed by atoms with E-state index in [-0.39, 0.29) is 12.4 Å². The molecule has 2 aromatic heterocycles. The van der Waals surface area contributed by atoms with Gasteiger partial charge in [0.25, 0.3) is 0 Å². The third kappa shape index (κ3) is 4.40. The molecule has 3 aromatic rings. The summed E-state index contributed by atoms with van der Waals surface area (Å²) < 4.78 is 6.83. The van der Waals surface area contributed by atoms with Crippen molar-refractivity contribution in [1.29, 1.82) is 0 Å². The number of hydrogen-bond acceptors (Lipinski definition) is 6. The molecule has 0 saturated carbocycles. The molecule has 1 saturated heterocycles. The van der Waals surface area contributed by atoms with Crippen LogP contribution >= 0.6 is 23.7 Å². The predicted octanol–water partition coefficient (Wildman–Crippen LogP) is 4.27. The molecule has 4 rings (SSSR count). The number of fused-ring (bicyclic) bond motifs is 1. The van der Waals surface area contributed by atoms with Crippen molar-refractivity contribution < 1.29 is 4.74 Å². The van der Waals surface area contributed by atoms with Crippen LogP contribution in [-0.4, -0.2) is 54.2 Å². The Kier molecular flexibility index (Phi) is 7.10. The highest BCUT2D eigenvalue weighted by Crippen LogP contribution is 2.28. The van der Waals surface area contributed by atoms with E-state index in [4.69, 9.17) is 4.74 Å². The van der Waals surface area contributed by atoms with Crippen LogP contribution < -0.4 is 9.64 Å². The lowest BCUT2D eigenvalue weighted by atomic mass is 10.1. The summed E-state index contributed by atoms with van der Waals surface area (Å²) in [6, 6.07) is 9.13. The van der Waals surface area contributed by atoms with Crippen LogP contribution in [0.1, 0.15) is 18.9 Å². The lowest BCUT2D eigenvalue weighted by molar-refractivity contribution is 0.225. The quantitative estimate of drug-likeness (QED) is 0.598. The fourth-order valence-corrected chi connectivity index (χ4v) is 4.94. The maximum absolute atomic E-state index is 5.44. The third-order valence-electron chi connectivity index (χ3n) is 5.34. The average Bonchev–Trinajstić information content (AvgIpc) is 3.11. The SMILES string of the molecule is COc1cncnc1N1CCN(CCCc2csc3ccccc23)CC1C.Cl. The smallest absolute Gasteiger partial charge is 0.179 e. The summed E-state index contributed by atoms with van der Waals surface area (Å²) in [5.41, 5.74) is 1.49. The van der Waals surface area contributed by atoms with Crippen LogP contribution in [0.2, 0.25) is 0 Å². The van der Waals surface area contributed by atoms with Gasteiger partial charge in [0.05, 0.1) is 13.3 Å². The van der Waals surface area contributed by atoms with E-state index in [2.05, 4.69) is 56.3 Å². The van der Waals surface area contributed by atoms with Gasteiger partial charge in [-0.2, -0.15) is 0 Å². The molecular formula is C21H27ClN4OS. The van der Waals surface area contributed by atoms with E-state index in [1.807, 2.05) is 11.3 Å². The summed E-state index contributed by atoms with van der Waals surface area (Å²) >= 11 is 1.86. The molecular weight excluding hydrogens is 392 g/mol. The molecule has 0 aliphatic carbocycles. The monoisotopic (exact) mass is 418 g/mol. The number of rotatable bonds is 6. The van der Waals surface area contributed by atoms with E-state index in [0.717, 1.165) is 44.2 Å². The van der Waals surface area contributed by atoms with Gasteiger partial charge in [0, 0.05) is 30.4 Å². The number of methoxy groups -OCH3 is 1. The Bertz CT molecular complexity index is 903. The number of halogens is 1. The lowest BCUT2D eigenvalue weighted by Crippen LogP contribution is -2.52. The highest BCUT2D eigenvalue weighted by Gasteiger charge is 2.26. The van der Waals surface area contributed by atoms with Gasteiger partial charge >= 0.3 is 0 Å². The van der Waals surface area contributed by atoms with E-state index in [0.29, 0.717) is 6.04 Å². The maximum Gasteiger partial charge on any atom is 0.179 e. The van der Waals surface area contributed by atoms with Gasteiger partial charge in [0.2, 0.25) is 0 Å². The number of anilines is 1. The van der Waals surface area contributed by atoms with Gasteiger partial charge in [-0.1, -0.05) is 18.2 Å². The molecule has 1 aliphatic rings. The van der Waals surface area contributed by atoms with Crippen LogP contribution in [0.4, 0.5) is 5.82 Å². The number of aromatic nitrogens is 2. The first-order chi connectivity index (χ1) is 13.3. The second-order valence-corrected chi connectivity index (χ2v) is 8.03. The van der Waals surface area contributed by atoms with Crippen molar-refractivity contribution >= 4 is 39.6 Å². The molecule has 0 N–H and O–H groups in total. The summed E-state index contributed by atoms with van der Waals surface area (Å²) in [7, 11) is 1.68. The fourth-order valence-electron chi connectivity index (χ4n) is 3.94. The molecule has 1 atom stereocenters. The van der Waals surface area contributed by atoms with Gasteiger partial charge in [0.1, 0.15) is 6.33 Å². The predicted molar refractivity (Wildman–Crippen MR) is 119 cm³/mol. The van der Waals surface area contributed by atoms with Gasteiger partial charge < -0.3 is 9.64 Å². The molecule has 7 heteroatoms. The number of aryl methyl sites for hydroxylation is 1. The first kappa shape index (κ1) is 20.8. The Morgan fingerprint density at radius 2 is 2.11 bits per heavy atom. The van der Waals surface area contributed by atoms with E-state index >= 15 is 0 Å². The molecule has 28 heavy (non-hydrogen) atoms. The van der Waals surface area contributed by atoms with Crippen LogP contribution in [0, 0.1) is 0 Å². The Morgan fingerprint density at radius 3 is 2.93 bits per heavy atom. The van der Waals surface area contributed by atoms with Crippen molar-refractivity contribution in [1.82, 2.24) is 14.9 Å². The first-order valence-corrected chi connectivity index (χ1v) is 10.4. The van der Waals surface area contributed by atoms with E-state index in [1.165, 1.54) is 22.1 Å². The molecule has 150 valence electrons. The van der Waals surface area contributed by atoms with E-state index in [1.54, 1.807) is 19.6 Å². The summed E-state index contributed by atoms with van der Waals surface area (Å²) in [6.07, 6.45) is 5.69. The number of benzene rings is 1. The molecule has 1 fully saturated rings. The summed E-state index contributed by atoms with van der Waals surface area (Å²) in [5, 5.41) is 3.75. The molecule has 5 nitrogen and oxygen atoms in total. The highest BCUT2D eigenvalue weighted by atomic mass is 35.5. The number of ether oxygens (including phenoxy) is 1. The molecule has 0 bridgehead atoms. The Hall–Kier alpha value is -1.89. The molecule has 3 heterocycles. The molecule has 0 amide bonds. The number of nitrogens with zero attached hydrogens (tertiary/aromatic N) is 4. The van der Waals surface area contributed by atoms with Crippen LogP contribution in [0.25, 0.3) is 10.1 Å². The molecule has 1 unspecified atom stereocenters. The number of piperazine rings is 1. The standard InChI is InChI=1S/C21H26N4OS.ClH/c1-16-13-24(10-11-25(16)21-19(26-2)12-22-15-23-21)9-5-6-17-14-27-20-8-4-3-7-18(17)20;/h3-4,7-8,12,14-16H,5-6,9-11,13H2,1-2H3;1H. The third-order valence-corrected chi connectivity index (χ3v) is 6.36. The Morgan fingerprint density at radius 1 is 1.25 bits per heavy atom. The molecule has 1 aromatic carbocycles. The van der Waals surface area contributed by atoms with Crippen molar-refractivity contribution in [3.05, 3.63) is 47.7 Å². The summed E-state index contributed by atoms with van der Waals surface area (Å²) in [4.78, 5) is 13.4. The minimum atomic E-state index is 0. The van der Waals surface area contributed by atoms with Crippen molar-refractivity contribution in [3.63, 3.8) is 0 Å². The number of thiophene rings is 1. The van der Waals surface area contributed by atoms with Crippen LogP contribution in [0.5, 0.6) is 5.75 Å². The van der Waals surface area contributed by atoms with Gasteiger partial charge in [-0.3, -0.25) is 4.90 Å². The molecule has 1 aliphatic heterocycles. The zero-order chi connectivity index (χ0) is 18.6. The second-order valence-electron chi connectivity index (χ2n) is 7.12. The zero-order valence-electron chi connectivity index (χ0n) is 16.4. The van der Waals surface area contributed by atoms with Crippen molar-refractivity contribution in [2.24, 2.45) is 0 Å². The highest BCUT2D eigenvalue weighted by molar-refractivity contribution is 7.17. The van der Waals surface area contributed by atoms with Gasteiger partial charge in [-0.25, -0.2) is 9.97 Å². The van der Waals surface area contributed by atoms with Crippen LogP contribution in [0.3, 0.4) is 0 Å². The van der Waals surface area contributed by atoms with Gasteiger partial charge in [-0.05, 0) is 48.7 Å². The van der Waals surface area contributed by atoms with Gasteiger partial charge in [0.15, 0.2) is 11.6 Å². The largest absolute Gasteiger partial charge is 0.491 e. The fraction of sp³-hybridized carbons (Fsp3) is 0.429. The summed E-state index contributed by atoms with van der Waals surface area (Å²) in [5.74, 6) is 1.66. The van der Waals surface area contributed by atoms with Crippen LogP contribution in [0.15, 0.2) is 42.2 Å². The summed E-state index contributed by atoms with van der Waals surface area (Å²) in [6.45, 7) is 6.48. The van der Waals surface area contributed by atoms with Crippen molar-refractivity contribution in [2.45, 2.75) is 25.8 Å². The average molecular weight is 419 g/mol. The maximum atomic E-state index is 5.44. The Labute approximate surface area is 176 Å². The van der Waals surface area contributed by atoms with E-state index in [9.17, 15) is 0 Å². The Balaban J connectivity index is 0.00000225. The second kappa shape index (κ2) is 9.54. The molecule has 0 spiro atoms. The van der Waals surface area contributed by atoms with Crippen LogP contribution in [-0.2, 0) is 6.42 Å². The topological polar surface area (TPSA) is 41.5 Å².